The molecular weight excluding hydrogens is 578 g/mol. The Morgan fingerprint density at radius 3 is 2.71 bits per heavy atom. The van der Waals surface area contributed by atoms with Crippen LogP contribution < -0.4 is 20.1 Å². The van der Waals surface area contributed by atoms with Gasteiger partial charge < -0.3 is 20.1 Å². The van der Waals surface area contributed by atoms with Crippen LogP contribution in [0.25, 0.3) is 0 Å². The van der Waals surface area contributed by atoms with Gasteiger partial charge in [-0.3, -0.25) is 4.90 Å². The monoisotopic (exact) mass is 617 g/mol. The van der Waals surface area contributed by atoms with Crippen LogP contribution in [0.1, 0.15) is 37.8 Å². The van der Waals surface area contributed by atoms with Crippen LogP contribution in [-0.4, -0.2) is 74.4 Å². The van der Waals surface area contributed by atoms with Gasteiger partial charge in [-0.2, -0.15) is 22.8 Å². The van der Waals surface area contributed by atoms with E-state index in [4.69, 9.17) is 21.1 Å². The van der Waals surface area contributed by atoms with Crippen molar-refractivity contribution in [3.63, 3.8) is 0 Å². The summed E-state index contributed by atoms with van der Waals surface area (Å²) in [5, 5.41) is 6.95. The van der Waals surface area contributed by atoms with Crippen LogP contribution in [0.5, 0.6) is 0 Å². The molecule has 228 valence electrons. The molecule has 0 bridgehead atoms. The Balaban J connectivity index is 1.16. The number of ether oxygens (including phenoxy) is 2. The fourth-order valence-corrected chi connectivity index (χ4v) is 6.02. The third-order valence-corrected chi connectivity index (χ3v) is 9.21. The predicted octanol–water partition coefficient (Wildman–Crippen LogP) is 3.88. The molecule has 1 aromatic carbocycles. The number of rotatable bonds is 13. The minimum Gasteiger partial charge on any atom is -0.379 e. The number of hydrogen-bond acceptors (Lipinski definition) is 9. The van der Waals surface area contributed by atoms with Crippen molar-refractivity contribution in [3.05, 3.63) is 64.5 Å². The van der Waals surface area contributed by atoms with E-state index in [1.807, 2.05) is 31.2 Å². The molecule has 0 radical (unpaired) electrons. The molecule has 42 heavy (non-hydrogen) atoms. The molecule has 2 aliphatic carbocycles. The number of aromatic nitrogens is 2. The number of aryl methyl sites for hydroxylation is 1. The fraction of sp³-hybridized carbons (Fsp3) is 0.517. The molecule has 2 heterocycles. The highest BCUT2D eigenvalue weighted by Crippen LogP contribution is 2.31. The van der Waals surface area contributed by atoms with E-state index in [-0.39, 0.29) is 18.5 Å². The van der Waals surface area contributed by atoms with E-state index in [1.165, 1.54) is 0 Å². The summed E-state index contributed by atoms with van der Waals surface area (Å²) in [5.74, 6) is 1.01. The third kappa shape index (κ3) is 8.50. The number of nitrogens with one attached hydrogen (secondary N) is 4. The molecule has 0 spiro atoms. The quantitative estimate of drug-likeness (QED) is 0.265. The zero-order chi connectivity index (χ0) is 29.7. The minimum atomic E-state index is -3.51. The molecule has 1 saturated carbocycles. The SMILES string of the molecule is Cc1cc(CNS(=O)(=O)NC2CC2)ccc1Nc1nc(NC2=CC(C)C(C)(OCCN3CCOCC3)C=C2)ncc1Cl. The molecule has 3 aliphatic rings. The highest BCUT2D eigenvalue weighted by molar-refractivity contribution is 7.87. The smallest absolute Gasteiger partial charge is 0.277 e. The molecule has 11 nitrogen and oxygen atoms in total. The normalized spacial score (nSPS) is 23.0. The maximum atomic E-state index is 12.1. The van der Waals surface area contributed by atoms with Gasteiger partial charge in [0.2, 0.25) is 5.95 Å². The Morgan fingerprint density at radius 1 is 1.21 bits per heavy atom. The molecular formula is C29H40ClN7O4S. The molecule has 2 unspecified atom stereocenters. The first-order valence-electron chi connectivity index (χ1n) is 14.4. The largest absolute Gasteiger partial charge is 0.379 e. The average Bonchev–Trinajstić information content (AvgIpc) is 3.77. The van der Waals surface area contributed by atoms with Crippen molar-refractivity contribution in [2.24, 2.45) is 5.92 Å². The summed E-state index contributed by atoms with van der Waals surface area (Å²) in [6, 6.07) is 5.73. The summed E-state index contributed by atoms with van der Waals surface area (Å²) < 4.78 is 41.2. The van der Waals surface area contributed by atoms with Gasteiger partial charge in [-0.05, 0) is 50.0 Å². The lowest BCUT2D eigenvalue weighted by Gasteiger charge is -2.35. The molecule has 0 amide bonds. The van der Waals surface area contributed by atoms with E-state index >= 15 is 0 Å². The van der Waals surface area contributed by atoms with Crippen LogP contribution in [0.2, 0.25) is 5.02 Å². The Labute approximate surface area is 253 Å². The highest BCUT2D eigenvalue weighted by Gasteiger charge is 2.31. The summed E-state index contributed by atoms with van der Waals surface area (Å²) >= 11 is 6.43. The van der Waals surface area contributed by atoms with Crippen LogP contribution in [0, 0.1) is 12.8 Å². The summed E-state index contributed by atoms with van der Waals surface area (Å²) in [7, 11) is -3.51. The molecule has 2 aromatic rings. The van der Waals surface area contributed by atoms with Crippen molar-refractivity contribution in [2.75, 3.05) is 50.1 Å². The summed E-state index contributed by atoms with van der Waals surface area (Å²) in [4.78, 5) is 11.3. The second-order valence-electron chi connectivity index (χ2n) is 11.2. The van der Waals surface area contributed by atoms with Crippen LogP contribution >= 0.6 is 11.6 Å². The zero-order valence-electron chi connectivity index (χ0n) is 24.3. The third-order valence-electron chi connectivity index (χ3n) is 7.76. The molecule has 2 fully saturated rings. The average molecular weight is 618 g/mol. The van der Waals surface area contributed by atoms with Crippen molar-refractivity contribution in [1.29, 1.82) is 0 Å². The number of benzene rings is 1. The van der Waals surface area contributed by atoms with Gasteiger partial charge in [0, 0.05) is 49.5 Å². The Kier molecular flexibility index (Phi) is 9.83. The first-order valence-corrected chi connectivity index (χ1v) is 16.2. The van der Waals surface area contributed by atoms with Crippen molar-refractivity contribution in [2.45, 2.75) is 51.8 Å². The number of hydrogen-bond donors (Lipinski definition) is 4. The van der Waals surface area contributed by atoms with E-state index in [1.54, 1.807) is 6.20 Å². The highest BCUT2D eigenvalue weighted by atomic mass is 35.5. The van der Waals surface area contributed by atoms with Gasteiger partial charge in [0.1, 0.15) is 5.02 Å². The molecule has 1 aromatic heterocycles. The summed E-state index contributed by atoms with van der Waals surface area (Å²) in [5.41, 5.74) is 3.05. The Hall–Kier alpha value is -2.58. The molecule has 13 heteroatoms. The molecule has 4 N–H and O–H groups in total. The zero-order valence-corrected chi connectivity index (χ0v) is 25.9. The van der Waals surface area contributed by atoms with Gasteiger partial charge in [0.05, 0.1) is 31.6 Å². The van der Waals surface area contributed by atoms with Crippen LogP contribution in [0.4, 0.5) is 17.5 Å². The lowest BCUT2D eigenvalue weighted by Crippen LogP contribution is -2.41. The van der Waals surface area contributed by atoms with E-state index in [2.05, 4.69) is 60.9 Å². The lowest BCUT2D eigenvalue weighted by atomic mass is 9.85. The predicted molar refractivity (Wildman–Crippen MR) is 165 cm³/mol. The van der Waals surface area contributed by atoms with Gasteiger partial charge in [-0.1, -0.05) is 42.8 Å². The Morgan fingerprint density at radius 2 is 2.00 bits per heavy atom. The van der Waals surface area contributed by atoms with Crippen LogP contribution in [0.15, 0.2) is 48.3 Å². The maximum absolute atomic E-state index is 12.1. The minimum absolute atomic E-state index is 0.0617. The fourth-order valence-electron chi connectivity index (χ4n) is 4.77. The van der Waals surface area contributed by atoms with Crippen molar-refractivity contribution >= 4 is 39.3 Å². The van der Waals surface area contributed by atoms with Crippen LogP contribution in [-0.2, 0) is 26.2 Å². The van der Waals surface area contributed by atoms with E-state index in [0.29, 0.717) is 23.4 Å². The second-order valence-corrected chi connectivity index (χ2v) is 13.2. The van der Waals surface area contributed by atoms with E-state index in [0.717, 1.165) is 68.2 Å². The van der Waals surface area contributed by atoms with Gasteiger partial charge in [0.25, 0.3) is 10.2 Å². The standard InChI is InChI=1S/C29H40ClN7O4S/c1-20-16-22(18-32-42(38,39)36-23-5-6-23)4-7-26(20)34-27-25(30)19-31-28(35-27)33-24-8-9-29(3,21(2)17-24)41-15-12-37-10-13-40-14-11-37/h4,7-9,16-17,19,21,23,32,36H,5-6,10-15,18H2,1-3H3,(H2,31,33,34,35). The van der Waals surface area contributed by atoms with Crippen molar-refractivity contribution in [1.82, 2.24) is 24.3 Å². The van der Waals surface area contributed by atoms with Gasteiger partial charge in [0.15, 0.2) is 5.82 Å². The molecule has 1 aliphatic heterocycles. The van der Waals surface area contributed by atoms with Crippen LogP contribution in [0.3, 0.4) is 0 Å². The first-order chi connectivity index (χ1) is 20.1. The number of morpholine rings is 1. The summed E-state index contributed by atoms with van der Waals surface area (Å²) in [6.07, 6.45) is 9.54. The number of nitrogens with zero attached hydrogens (tertiary/aromatic N) is 3. The van der Waals surface area contributed by atoms with Gasteiger partial charge >= 0.3 is 0 Å². The summed E-state index contributed by atoms with van der Waals surface area (Å²) in [6.45, 7) is 11.4. The Bertz CT molecular complexity index is 1430. The van der Waals surface area contributed by atoms with E-state index < -0.39 is 15.8 Å². The van der Waals surface area contributed by atoms with Crippen molar-refractivity contribution in [3.8, 4) is 0 Å². The maximum Gasteiger partial charge on any atom is 0.277 e. The lowest BCUT2D eigenvalue weighted by molar-refractivity contribution is -0.0404. The van der Waals surface area contributed by atoms with Crippen molar-refractivity contribution < 1.29 is 17.9 Å². The van der Waals surface area contributed by atoms with E-state index in [9.17, 15) is 8.42 Å². The first kappa shape index (κ1) is 30.9. The number of anilines is 3. The molecule has 1 saturated heterocycles. The molecule has 2 atom stereocenters. The van der Waals surface area contributed by atoms with Gasteiger partial charge in [-0.25, -0.2) is 4.98 Å². The van der Waals surface area contributed by atoms with Gasteiger partial charge in [-0.15, -0.1) is 0 Å². The number of halogens is 1. The second kappa shape index (κ2) is 13.4. The number of allylic oxidation sites excluding steroid dienone is 1. The topological polar surface area (TPSA) is 130 Å². The molecule has 5 rings (SSSR count).